The van der Waals surface area contributed by atoms with E-state index in [1.807, 2.05) is 0 Å². The lowest BCUT2D eigenvalue weighted by Crippen LogP contribution is -2.29. The average Bonchev–Trinajstić information content (AvgIpc) is 3.09. The number of amides is 1. The Labute approximate surface area is 132 Å². The summed E-state index contributed by atoms with van der Waals surface area (Å²) in [6.07, 6.45) is 1.71. The second-order valence-corrected chi connectivity index (χ2v) is 6.37. The minimum Gasteiger partial charge on any atom is -0.339 e. The molecule has 0 spiro atoms. The van der Waals surface area contributed by atoms with Crippen LogP contribution in [-0.2, 0) is 24.2 Å². The molecule has 8 heteroatoms. The van der Waals surface area contributed by atoms with Gasteiger partial charge in [-0.25, -0.2) is 4.98 Å². The molecule has 118 valence electrons. The lowest BCUT2D eigenvalue weighted by Gasteiger charge is -2.23. The summed E-state index contributed by atoms with van der Waals surface area (Å²) in [6.45, 7) is 6.93. The number of carbonyl (C=O) groups excluding carboxylic acids is 1. The predicted octanol–water partition coefficient (Wildman–Crippen LogP) is 1.78. The van der Waals surface area contributed by atoms with Crippen molar-refractivity contribution in [2.45, 2.75) is 39.7 Å². The summed E-state index contributed by atoms with van der Waals surface area (Å²) in [5.74, 6) is 1.00. The summed E-state index contributed by atoms with van der Waals surface area (Å²) >= 11 is 1.57. The lowest BCUT2D eigenvalue weighted by molar-refractivity contribution is -0.116. The Morgan fingerprint density at radius 2 is 2.32 bits per heavy atom. The summed E-state index contributed by atoms with van der Waals surface area (Å²) in [4.78, 5) is 24.2. The van der Waals surface area contributed by atoms with Crippen LogP contribution in [0.1, 0.15) is 35.6 Å². The highest BCUT2D eigenvalue weighted by molar-refractivity contribution is 7.15. The summed E-state index contributed by atoms with van der Waals surface area (Å²) < 4.78 is 5.00. The highest BCUT2D eigenvalue weighted by atomic mass is 32.1. The standard InChI is InChI=1S/C14H19N5O2S/c1-3-19-7-6-10-11(8-19)22-14(16-10)17-12(20)4-5-13-15-9(2)18-21-13/h3-8H2,1-2H3,(H,16,17,20). The molecule has 0 fully saturated rings. The first-order valence-electron chi connectivity index (χ1n) is 7.44. The Kier molecular flexibility index (Phi) is 4.49. The van der Waals surface area contributed by atoms with Gasteiger partial charge >= 0.3 is 0 Å². The van der Waals surface area contributed by atoms with Gasteiger partial charge < -0.3 is 9.84 Å². The van der Waals surface area contributed by atoms with Gasteiger partial charge in [0, 0.05) is 37.2 Å². The first-order valence-corrected chi connectivity index (χ1v) is 8.25. The zero-order chi connectivity index (χ0) is 15.5. The van der Waals surface area contributed by atoms with Gasteiger partial charge in [0.15, 0.2) is 11.0 Å². The molecule has 0 saturated heterocycles. The Hall–Kier alpha value is -1.80. The van der Waals surface area contributed by atoms with Crippen LogP contribution in [0.2, 0.25) is 0 Å². The van der Waals surface area contributed by atoms with E-state index in [1.54, 1.807) is 18.3 Å². The first-order chi connectivity index (χ1) is 10.6. The number of hydrogen-bond donors (Lipinski definition) is 1. The number of nitrogens with one attached hydrogen (secondary N) is 1. The van der Waals surface area contributed by atoms with Gasteiger partial charge in [-0.3, -0.25) is 9.69 Å². The monoisotopic (exact) mass is 321 g/mol. The number of fused-ring (bicyclic) bond motifs is 1. The fraction of sp³-hybridized carbons (Fsp3) is 0.571. The number of nitrogens with zero attached hydrogens (tertiary/aromatic N) is 4. The van der Waals surface area contributed by atoms with E-state index >= 15 is 0 Å². The van der Waals surface area contributed by atoms with Crippen molar-refractivity contribution in [1.82, 2.24) is 20.0 Å². The van der Waals surface area contributed by atoms with Crippen LogP contribution in [0.4, 0.5) is 5.13 Å². The van der Waals surface area contributed by atoms with Crippen LogP contribution in [0, 0.1) is 6.92 Å². The van der Waals surface area contributed by atoms with E-state index in [0.717, 1.165) is 31.7 Å². The Balaban J connectivity index is 1.55. The van der Waals surface area contributed by atoms with Crippen LogP contribution in [0.25, 0.3) is 0 Å². The number of thiazole rings is 1. The molecule has 1 amide bonds. The van der Waals surface area contributed by atoms with Crippen LogP contribution in [0.3, 0.4) is 0 Å². The summed E-state index contributed by atoms with van der Waals surface area (Å²) in [7, 11) is 0. The van der Waals surface area contributed by atoms with E-state index in [9.17, 15) is 4.79 Å². The van der Waals surface area contributed by atoms with Crippen molar-refractivity contribution in [2.24, 2.45) is 0 Å². The van der Waals surface area contributed by atoms with E-state index in [1.165, 1.54) is 4.88 Å². The van der Waals surface area contributed by atoms with Gasteiger partial charge in [-0.2, -0.15) is 4.98 Å². The normalized spacial score (nSPS) is 14.8. The van der Waals surface area contributed by atoms with Crippen LogP contribution in [-0.4, -0.2) is 39.0 Å². The van der Waals surface area contributed by atoms with Gasteiger partial charge in [-0.15, -0.1) is 11.3 Å². The number of aromatic nitrogens is 3. The number of carbonyl (C=O) groups is 1. The second kappa shape index (κ2) is 6.53. The maximum atomic E-state index is 12.0. The molecule has 2 aromatic rings. The predicted molar refractivity (Wildman–Crippen MR) is 82.8 cm³/mol. The van der Waals surface area contributed by atoms with Gasteiger partial charge in [-0.05, 0) is 13.5 Å². The summed E-state index contributed by atoms with van der Waals surface area (Å²) in [6, 6.07) is 0. The summed E-state index contributed by atoms with van der Waals surface area (Å²) in [5.41, 5.74) is 1.12. The van der Waals surface area contributed by atoms with Crippen molar-refractivity contribution in [3.63, 3.8) is 0 Å². The number of rotatable bonds is 5. The molecule has 7 nitrogen and oxygen atoms in total. The van der Waals surface area contributed by atoms with Crippen molar-refractivity contribution in [1.29, 1.82) is 0 Å². The molecule has 3 rings (SSSR count). The van der Waals surface area contributed by atoms with Gasteiger partial charge in [-0.1, -0.05) is 12.1 Å². The van der Waals surface area contributed by atoms with E-state index < -0.39 is 0 Å². The molecule has 22 heavy (non-hydrogen) atoms. The molecule has 0 aromatic carbocycles. The van der Waals surface area contributed by atoms with Crippen molar-refractivity contribution in [2.75, 3.05) is 18.4 Å². The van der Waals surface area contributed by atoms with E-state index in [0.29, 0.717) is 29.7 Å². The van der Waals surface area contributed by atoms with Gasteiger partial charge in [0.25, 0.3) is 0 Å². The largest absolute Gasteiger partial charge is 0.339 e. The minimum atomic E-state index is -0.0747. The topological polar surface area (TPSA) is 84.2 Å². The average molecular weight is 321 g/mol. The van der Waals surface area contributed by atoms with Crippen LogP contribution >= 0.6 is 11.3 Å². The molecule has 0 saturated carbocycles. The quantitative estimate of drug-likeness (QED) is 0.904. The van der Waals surface area contributed by atoms with E-state index in [2.05, 4.69) is 32.3 Å². The molecule has 1 aliphatic heterocycles. The number of hydrogen-bond acceptors (Lipinski definition) is 7. The van der Waals surface area contributed by atoms with E-state index in [4.69, 9.17) is 4.52 Å². The molecule has 1 N–H and O–H groups in total. The number of anilines is 1. The molecule has 0 aliphatic carbocycles. The van der Waals surface area contributed by atoms with Gasteiger partial charge in [0.1, 0.15) is 0 Å². The molecule has 0 unspecified atom stereocenters. The van der Waals surface area contributed by atoms with Crippen molar-refractivity contribution in [3.05, 3.63) is 22.3 Å². The van der Waals surface area contributed by atoms with Crippen LogP contribution in [0.15, 0.2) is 4.52 Å². The zero-order valence-corrected chi connectivity index (χ0v) is 13.6. The highest BCUT2D eigenvalue weighted by Crippen LogP contribution is 2.28. The smallest absolute Gasteiger partial charge is 0.227 e. The molecule has 3 heterocycles. The highest BCUT2D eigenvalue weighted by Gasteiger charge is 2.20. The van der Waals surface area contributed by atoms with Crippen molar-refractivity contribution in [3.8, 4) is 0 Å². The molecule has 0 radical (unpaired) electrons. The first kappa shape index (κ1) is 15.1. The molecule has 2 aromatic heterocycles. The Morgan fingerprint density at radius 1 is 1.45 bits per heavy atom. The van der Waals surface area contributed by atoms with Gasteiger partial charge in [0.2, 0.25) is 11.8 Å². The lowest BCUT2D eigenvalue weighted by atomic mass is 10.2. The molecule has 1 aliphatic rings. The molecule has 0 atom stereocenters. The van der Waals surface area contributed by atoms with Crippen molar-refractivity contribution >= 4 is 22.4 Å². The fourth-order valence-corrected chi connectivity index (χ4v) is 3.48. The Morgan fingerprint density at radius 3 is 3.05 bits per heavy atom. The Bertz CT molecular complexity index is 666. The number of aryl methyl sites for hydroxylation is 2. The maximum absolute atomic E-state index is 12.0. The minimum absolute atomic E-state index is 0.0747. The van der Waals surface area contributed by atoms with Gasteiger partial charge in [0.05, 0.1) is 5.69 Å². The van der Waals surface area contributed by atoms with Crippen LogP contribution < -0.4 is 5.32 Å². The molecular weight excluding hydrogens is 302 g/mol. The summed E-state index contributed by atoms with van der Waals surface area (Å²) in [5, 5.41) is 7.26. The van der Waals surface area contributed by atoms with E-state index in [-0.39, 0.29) is 5.91 Å². The third-order valence-corrected chi connectivity index (χ3v) is 4.64. The molecule has 0 bridgehead atoms. The van der Waals surface area contributed by atoms with Crippen LogP contribution in [0.5, 0.6) is 0 Å². The fourth-order valence-electron chi connectivity index (χ4n) is 2.42. The third-order valence-electron chi connectivity index (χ3n) is 3.64. The molecular formula is C14H19N5O2S. The maximum Gasteiger partial charge on any atom is 0.227 e. The third kappa shape index (κ3) is 3.50. The zero-order valence-electron chi connectivity index (χ0n) is 12.8. The number of likely N-dealkylation sites (N-methyl/N-ethyl adjacent to an activating group) is 1. The van der Waals surface area contributed by atoms with Crippen molar-refractivity contribution < 1.29 is 9.32 Å². The second-order valence-electron chi connectivity index (χ2n) is 5.29. The SMILES string of the molecule is CCN1CCc2nc(NC(=O)CCc3nc(C)no3)sc2C1.